The number of anilines is 1. The smallest absolute Gasteiger partial charge is 0.455 e. The molecule has 4 aromatic carbocycles. The molecule has 300 valence electrons. The van der Waals surface area contributed by atoms with Gasteiger partial charge in [-0.15, -0.1) is 0 Å². The van der Waals surface area contributed by atoms with E-state index in [1.807, 2.05) is 78.9 Å². The van der Waals surface area contributed by atoms with Crippen LogP contribution in [0.2, 0.25) is 11.4 Å². The molecule has 2 saturated heterocycles. The van der Waals surface area contributed by atoms with E-state index in [0.29, 0.717) is 36.2 Å². The number of aromatic hydroxyl groups is 1. The van der Waals surface area contributed by atoms with Crippen LogP contribution in [0.3, 0.4) is 0 Å². The summed E-state index contributed by atoms with van der Waals surface area (Å²) in [6.07, 6.45) is 4.21. The van der Waals surface area contributed by atoms with Crippen LogP contribution in [0, 0.1) is 23.6 Å². The third-order valence-electron chi connectivity index (χ3n) is 12.2. The monoisotopic (exact) mass is 806 g/mol. The summed E-state index contributed by atoms with van der Waals surface area (Å²) < 4.78 is 28.5. The van der Waals surface area contributed by atoms with Gasteiger partial charge in [-0.05, 0) is 112 Å². The first-order valence-corrected chi connectivity index (χ1v) is 22.2. The molecule has 2 aliphatic heterocycles. The zero-order chi connectivity index (χ0) is 41.3. The van der Waals surface area contributed by atoms with Crippen LogP contribution in [-0.2, 0) is 18.7 Å². The molecule has 8 rings (SSSR count). The van der Waals surface area contributed by atoms with E-state index in [-0.39, 0.29) is 29.8 Å². The number of phenolic OH excluding ortho intramolecular Hbond substituents is 1. The van der Waals surface area contributed by atoms with Gasteiger partial charge < -0.3 is 19.2 Å². The van der Waals surface area contributed by atoms with E-state index in [0.717, 1.165) is 27.1 Å². The predicted molar refractivity (Wildman–Crippen MR) is 232 cm³/mol. The number of fused-ring (bicyclic) bond motifs is 3. The molecule has 2 N–H and O–H groups in total. The van der Waals surface area contributed by atoms with Crippen LogP contribution < -0.4 is 15.3 Å². The SMILES string of the molecule is CC(C)(C)[Si](OCC1=C2[C@@H](CC/C(=C/c3ccc(O)c(F)c3)c3ccccn3)OB(O)C[C@@H]2[C@@H]2C(=O)N(c3ccccc3)C(=O)[C@@H]2C1)(c1ccccc1)c1ccccc1. The highest BCUT2D eigenvalue weighted by Gasteiger charge is 2.58. The van der Waals surface area contributed by atoms with Gasteiger partial charge in [0.25, 0.3) is 8.32 Å². The van der Waals surface area contributed by atoms with E-state index in [1.165, 1.54) is 17.0 Å². The number of pyridine rings is 1. The summed E-state index contributed by atoms with van der Waals surface area (Å²) in [5, 5.41) is 23.2. The van der Waals surface area contributed by atoms with E-state index < -0.39 is 50.9 Å². The van der Waals surface area contributed by atoms with Gasteiger partial charge in [-0.3, -0.25) is 19.5 Å². The third kappa shape index (κ3) is 7.76. The Morgan fingerprint density at radius 3 is 2.15 bits per heavy atom. The summed E-state index contributed by atoms with van der Waals surface area (Å²) in [7, 11) is -4.21. The number of aromatic nitrogens is 1. The molecule has 0 bridgehead atoms. The van der Waals surface area contributed by atoms with E-state index in [4.69, 9.17) is 9.08 Å². The Kier molecular flexibility index (Phi) is 11.4. The molecule has 59 heavy (non-hydrogen) atoms. The normalized spacial score (nSPS) is 21.1. The van der Waals surface area contributed by atoms with Crippen LogP contribution in [0.15, 0.2) is 145 Å². The minimum absolute atomic E-state index is 0.160. The van der Waals surface area contributed by atoms with E-state index in [2.05, 4.69) is 50.0 Å². The maximum Gasteiger partial charge on any atom is 0.455 e. The Morgan fingerprint density at radius 2 is 1.54 bits per heavy atom. The summed E-state index contributed by atoms with van der Waals surface area (Å²) >= 11 is 0. The Balaban J connectivity index is 1.23. The molecule has 2 amide bonds. The molecule has 4 atom stereocenters. The van der Waals surface area contributed by atoms with Crippen molar-refractivity contribution < 1.29 is 33.2 Å². The number of allylic oxidation sites excluding steroid dienone is 1. The number of hydrogen-bond acceptors (Lipinski definition) is 7. The lowest BCUT2D eigenvalue weighted by Crippen LogP contribution is -2.66. The van der Waals surface area contributed by atoms with Crippen molar-refractivity contribution in [2.45, 2.75) is 57.5 Å². The predicted octanol–water partition coefficient (Wildman–Crippen LogP) is 7.83. The number of carbonyl (C=O) groups is 2. The van der Waals surface area contributed by atoms with E-state index in [1.54, 1.807) is 24.4 Å². The van der Waals surface area contributed by atoms with Crippen molar-refractivity contribution in [1.82, 2.24) is 4.98 Å². The van der Waals surface area contributed by atoms with Gasteiger partial charge in [0.05, 0.1) is 35.9 Å². The quantitative estimate of drug-likeness (QED) is 0.0797. The molecule has 0 saturated carbocycles. The van der Waals surface area contributed by atoms with E-state index in [9.17, 15) is 24.1 Å². The number of imide groups is 1. The maximum absolute atomic E-state index is 14.5. The average Bonchev–Trinajstić information content (AvgIpc) is 3.49. The lowest BCUT2D eigenvalue weighted by Gasteiger charge is -2.46. The number of carbonyl (C=O) groups excluding carboxylic acids is 2. The molecule has 0 unspecified atom stereocenters. The van der Waals surface area contributed by atoms with Gasteiger partial charge in [0.1, 0.15) is 0 Å². The van der Waals surface area contributed by atoms with Crippen LogP contribution in [0.1, 0.15) is 51.3 Å². The van der Waals surface area contributed by atoms with Crippen molar-refractivity contribution >= 4 is 55.0 Å². The van der Waals surface area contributed by atoms with Crippen LogP contribution in [0.25, 0.3) is 11.6 Å². The first-order chi connectivity index (χ1) is 28.5. The minimum Gasteiger partial charge on any atom is -0.505 e. The zero-order valence-electron chi connectivity index (χ0n) is 33.5. The summed E-state index contributed by atoms with van der Waals surface area (Å²) in [6, 6.07) is 39.7. The van der Waals surface area contributed by atoms with Gasteiger partial charge in [0.2, 0.25) is 11.8 Å². The molecular weight excluding hydrogens is 758 g/mol. The highest BCUT2D eigenvalue weighted by atomic mass is 28.4. The fourth-order valence-corrected chi connectivity index (χ4v) is 14.2. The largest absolute Gasteiger partial charge is 0.505 e. The fraction of sp³-hybridized carbons (Fsp3) is 0.271. The minimum atomic E-state index is -3.04. The lowest BCUT2D eigenvalue weighted by molar-refractivity contribution is -0.122. The number of halogens is 1. The second kappa shape index (κ2) is 16.7. The lowest BCUT2D eigenvalue weighted by atomic mass is 9.58. The van der Waals surface area contributed by atoms with Crippen molar-refractivity contribution in [3.63, 3.8) is 0 Å². The number of para-hydroxylation sites is 1. The Morgan fingerprint density at radius 1 is 0.898 bits per heavy atom. The summed E-state index contributed by atoms with van der Waals surface area (Å²) in [5.41, 5.74) is 4.40. The fourth-order valence-electron chi connectivity index (χ4n) is 9.61. The Hall–Kier alpha value is -5.46. The number of hydrogen-bond donors (Lipinski definition) is 2. The van der Waals surface area contributed by atoms with Crippen LogP contribution >= 0.6 is 0 Å². The third-order valence-corrected chi connectivity index (χ3v) is 17.2. The first kappa shape index (κ1) is 40.3. The molecule has 8 nitrogen and oxygen atoms in total. The van der Waals surface area contributed by atoms with Crippen molar-refractivity contribution in [2.75, 3.05) is 11.5 Å². The molecule has 0 spiro atoms. The van der Waals surface area contributed by atoms with Gasteiger partial charge in [0, 0.05) is 6.20 Å². The standard InChI is InChI=1S/C48H48BFN2O6Si/c1-48(2,3)59(36-17-9-5-10-18-36,37-19-11-6-12-20-37)57-31-34-29-38-45(47(55)52(46(38)54)35-15-7-4-8-16-35)39-30-49(56)58-43(44(34)39)25-23-33(41-21-13-14-26-51-41)27-32-22-24-42(53)40(50)28-32/h4-22,24,26-28,38-39,43,45,53,56H,23,25,29-31H2,1-3H3/b33-27-/t38-,39+,43-,45-/m1/s1. The number of amides is 2. The molecule has 0 radical (unpaired) electrons. The number of nitrogens with zero attached hydrogens (tertiary/aromatic N) is 2. The number of phenols is 1. The molecule has 11 heteroatoms. The van der Waals surface area contributed by atoms with Crippen molar-refractivity contribution in [3.05, 3.63) is 162 Å². The molecule has 3 aliphatic rings. The van der Waals surface area contributed by atoms with Crippen LogP contribution in [-0.4, -0.2) is 55.1 Å². The molecule has 3 heterocycles. The molecule has 1 aromatic heterocycles. The van der Waals surface area contributed by atoms with Crippen LogP contribution in [0.5, 0.6) is 5.75 Å². The van der Waals surface area contributed by atoms with Gasteiger partial charge in [-0.2, -0.15) is 0 Å². The molecule has 5 aromatic rings. The number of rotatable bonds is 11. The van der Waals surface area contributed by atoms with Crippen molar-refractivity contribution in [2.24, 2.45) is 17.8 Å². The number of benzene rings is 4. The molecule has 2 fully saturated rings. The highest BCUT2D eigenvalue weighted by Crippen LogP contribution is 2.52. The molecular formula is C48H48BFN2O6Si. The summed E-state index contributed by atoms with van der Waals surface area (Å²) in [5.74, 6) is -3.45. The second-order valence-electron chi connectivity index (χ2n) is 16.8. The van der Waals surface area contributed by atoms with E-state index >= 15 is 0 Å². The Bertz CT molecular complexity index is 2340. The summed E-state index contributed by atoms with van der Waals surface area (Å²) in [6.45, 7) is 6.88. The van der Waals surface area contributed by atoms with Gasteiger partial charge in [-0.1, -0.05) is 112 Å². The molecule has 1 aliphatic carbocycles. The van der Waals surface area contributed by atoms with Crippen molar-refractivity contribution in [3.8, 4) is 5.75 Å². The average molecular weight is 807 g/mol. The van der Waals surface area contributed by atoms with Gasteiger partial charge in [-0.25, -0.2) is 4.39 Å². The second-order valence-corrected chi connectivity index (χ2v) is 21.1. The first-order valence-electron chi connectivity index (χ1n) is 20.3. The maximum atomic E-state index is 14.5. The highest BCUT2D eigenvalue weighted by molar-refractivity contribution is 6.99. The zero-order valence-corrected chi connectivity index (χ0v) is 34.5. The van der Waals surface area contributed by atoms with Crippen LogP contribution in [0.4, 0.5) is 10.1 Å². The topological polar surface area (TPSA) is 109 Å². The van der Waals surface area contributed by atoms with Crippen molar-refractivity contribution in [1.29, 1.82) is 0 Å². The van der Waals surface area contributed by atoms with Gasteiger partial charge in [0.15, 0.2) is 11.6 Å². The van der Waals surface area contributed by atoms with Gasteiger partial charge >= 0.3 is 7.12 Å². The Labute approximate surface area is 346 Å². The summed E-state index contributed by atoms with van der Waals surface area (Å²) in [4.78, 5) is 34.9.